The normalized spacial score (nSPS) is 9.50. The highest BCUT2D eigenvalue weighted by molar-refractivity contribution is 6.34. The van der Waals surface area contributed by atoms with Crippen molar-refractivity contribution in [2.75, 3.05) is 7.11 Å². The maximum Gasteiger partial charge on any atom is 0.341 e. The fourth-order valence-corrected chi connectivity index (χ4v) is 2.01. The highest BCUT2D eigenvalue weighted by atomic mass is 35.5. The first-order valence-electron chi connectivity index (χ1n) is 6.57. The second-order valence-electron chi connectivity index (χ2n) is 3.84. The molecule has 0 aliphatic heterocycles. The molecule has 0 unspecified atom stereocenters. The summed E-state index contributed by atoms with van der Waals surface area (Å²) < 4.78 is 18.2. The van der Waals surface area contributed by atoms with Crippen LogP contribution in [0.2, 0.25) is 5.02 Å². The molecule has 6 heteroatoms. The van der Waals surface area contributed by atoms with Crippen LogP contribution in [0.15, 0.2) is 30.3 Å². The van der Waals surface area contributed by atoms with E-state index in [1.807, 2.05) is 13.8 Å². The molecule has 116 valence electrons. The van der Waals surface area contributed by atoms with Gasteiger partial charge in [0.05, 0.1) is 17.8 Å². The average Bonchev–Trinajstić information content (AvgIpc) is 2.55. The van der Waals surface area contributed by atoms with Crippen molar-refractivity contribution in [2.24, 2.45) is 0 Å². The number of halogens is 2. The Morgan fingerprint density at radius 2 is 1.95 bits per heavy atom. The summed E-state index contributed by atoms with van der Waals surface area (Å²) in [5.74, 6) is -1.27. The van der Waals surface area contributed by atoms with Gasteiger partial charge >= 0.3 is 5.97 Å². The largest absolute Gasteiger partial charge is 0.465 e. The lowest BCUT2D eigenvalue weighted by Gasteiger charge is -2.08. The molecule has 0 aliphatic carbocycles. The molecular weight excluding hydrogens is 309 g/mol. The van der Waals surface area contributed by atoms with Crippen LogP contribution in [0.3, 0.4) is 0 Å². The Hall–Kier alpha value is -2.27. The number of carbonyl (C=O) groups is 2. The van der Waals surface area contributed by atoms with Crippen LogP contribution in [0.5, 0.6) is 0 Å². The average molecular weight is 324 g/mol. The van der Waals surface area contributed by atoms with E-state index in [4.69, 9.17) is 11.6 Å². The van der Waals surface area contributed by atoms with E-state index >= 15 is 0 Å². The number of benzene rings is 1. The number of hydrogen-bond acceptors (Lipinski definition) is 4. The fraction of sp³-hybridized carbons (Fsp3) is 0.188. The van der Waals surface area contributed by atoms with E-state index in [2.05, 4.69) is 9.72 Å². The number of hydrogen-bond donors (Lipinski definition) is 0. The molecule has 1 heterocycles. The first-order valence-corrected chi connectivity index (χ1v) is 6.95. The maximum absolute atomic E-state index is 13.7. The van der Waals surface area contributed by atoms with Gasteiger partial charge in [0.15, 0.2) is 6.29 Å². The number of methoxy groups -OCH3 is 1. The molecule has 0 saturated heterocycles. The molecule has 0 fully saturated rings. The van der Waals surface area contributed by atoms with Gasteiger partial charge in [-0.3, -0.25) is 4.79 Å². The van der Waals surface area contributed by atoms with Gasteiger partial charge in [0.1, 0.15) is 17.1 Å². The molecule has 0 N–H and O–H groups in total. The predicted octanol–water partition coefficient (Wildman–Crippen LogP) is 4.17. The van der Waals surface area contributed by atoms with Crippen molar-refractivity contribution in [3.63, 3.8) is 0 Å². The van der Waals surface area contributed by atoms with Crippen LogP contribution in [-0.2, 0) is 4.74 Å². The fourth-order valence-electron chi connectivity index (χ4n) is 1.73. The highest BCUT2D eigenvalue weighted by Gasteiger charge is 2.20. The third-order valence-corrected chi connectivity index (χ3v) is 2.95. The van der Waals surface area contributed by atoms with Gasteiger partial charge in [-0.05, 0) is 18.2 Å². The van der Waals surface area contributed by atoms with Gasteiger partial charge in [-0.2, -0.15) is 0 Å². The minimum absolute atomic E-state index is 0.0211. The molecule has 0 spiro atoms. The Labute approximate surface area is 132 Å². The van der Waals surface area contributed by atoms with Gasteiger partial charge in [-0.1, -0.05) is 37.6 Å². The summed E-state index contributed by atoms with van der Waals surface area (Å²) in [6, 6.07) is 7.24. The molecular formula is C16H15ClFNO3. The summed E-state index contributed by atoms with van der Waals surface area (Å²) in [4.78, 5) is 26.6. The van der Waals surface area contributed by atoms with E-state index in [1.54, 1.807) is 6.07 Å². The van der Waals surface area contributed by atoms with E-state index < -0.39 is 11.8 Å². The minimum Gasteiger partial charge on any atom is -0.465 e. The monoisotopic (exact) mass is 323 g/mol. The Balaban J connectivity index is 0.00000116. The molecule has 0 aliphatic rings. The molecule has 1 aromatic heterocycles. The van der Waals surface area contributed by atoms with Crippen LogP contribution in [0.1, 0.15) is 34.7 Å². The van der Waals surface area contributed by atoms with E-state index in [1.165, 1.54) is 24.3 Å². The SMILES string of the molecule is CC.COC(=O)c1c(Cl)cc(-c2ccccc2F)nc1C=O. The standard InChI is InChI=1S/C14H9ClFNO3.C2H6/c1-20-14(19)13-9(15)6-11(17-12(13)7-18)8-4-2-3-5-10(8)16;1-2/h2-7H,1H3;1-2H3. The molecule has 4 nitrogen and oxygen atoms in total. The summed E-state index contributed by atoms with van der Waals surface area (Å²) in [7, 11) is 1.16. The zero-order valence-electron chi connectivity index (χ0n) is 12.4. The molecule has 0 atom stereocenters. The molecule has 0 amide bonds. The van der Waals surface area contributed by atoms with Crippen molar-refractivity contribution in [3.05, 3.63) is 52.4 Å². The summed E-state index contributed by atoms with van der Waals surface area (Å²) in [6.45, 7) is 4.00. The van der Waals surface area contributed by atoms with Gasteiger partial charge in [-0.15, -0.1) is 0 Å². The lowest BCUT2D eigenvalue weighted by Crippen LogP contribution is -2.09. The topological polar surface area (TPSA) is 56.3 Å². The molecule has 2 aromatic rings. The zero-order valence-corrected chi connectivity index (χ0v) is 13.1. The van der Waals surface area contributed by atoms with Crippen LogP contribution >= 0.6 is 11.6 Å². The van der Waals surface area contributed by atoms with Crippen LogP contribution in [0, 0.1) is 5.82 Å². The molecule has 22 heavy (non-hydrogen) atoms. The predicted molar refractivity (Wildman–Crippen MR) is 82.7 cm³/mol. The summed E-state index contributed by atoms with van der Waals surface area (Å²) in [5, 5.41) is -0.0211. The Morgan fingerprint density at radius 3 is 2.50 bits per heavy atom. The van der Waals surface area contributed by atoms with Crippen LogP contribution in [0.4, 0.5) is 4.39 Å². The Bertz CT molecular complexity index is 689. The van der Waals surface area contributed by atoms with E-state index in [0.717, 1.165) is 7.11 Å². The van der Waals surface area contributed by atoms with Gasteiger partial charge < -0.3 is 4.74 Å². The van der Waals surface area contributed by atoms with Gasteiger partial charge in [0.2, 0.25) is 0 Å². The van der Waals surface area contributed by atoms with Crippen molar-refractivity contribution < 1.29 is 18.7 Å². The molecule has 0 radical (unpaired) electrons. The highest BCUT2D eigenvalue weighted by Crippen LogP contribution is 2.27. The van der Waals surface area contributed by atoms with Crippen LogP contribution in [-0.4, -0.2) is 24.3 Å². The number of nitrogens with zero attached hydrogens (tertiary/aromatic N) is 1. The van der Waals surface area contributed by atoms with Gasteiger partial charge in [0.25, 0.3) is 0 Å². The number of pyridine rings is 1. The van der Waals surface area contributed by atoms with Crippen molar-refractivity contribution in [3.8, 4) is 11.3 Å². The first kappa shape index (κ1) is 17.8. The number of rotatable bonds is 3. The van der Waals surface area contributed by atoms with E-state index in [9.17, 15) is 14.0 Å². The van der Waals surface area contributed by atoms with E-state index in [0.29, 0.717) is 6.29 Å². The zero-order chi connectivity index (χ0) is 16.7. The third kappa shape index (κ3) is 3.68. The molecule has 2 rings (SSSR count). The first-order chi connectivity index (χ1) is 10.6. The molecule has 0 saturated carbocycles. The third-order valence-electron chi connectivity index (χ3n) is 2.65. The number of aromatic nitrogens is 1. The lowest BCUT2D eigenvalue weighted by atomic mass is 10.1. The smallest absolute Gasteiger partial charge is 0.341 e. The second kappa shape index (κ2) is 8.24. The minimum atomic E-state index is -0.773. The number of ether oxygens (including phenoxy) is 1. The summed E-state index contributed by atoms with van der Waals surface area (Å²) >= 11 is 5.97. The number of esters is 1. The number of carbonyl (C=O) groups excluding carboxylic acids is 2. The second-order valence-corrected chi connectivity index (χ2v) is 4.25. The number of aldehydes is 1. The van der Waals surface area contributed by atoms with Gasteiger partial charge in [0, 0.05) is 5.56 Å². The maximum atomic E-state index is 13.7. The summed E-state index contributed by atoms with van der Waals surface area (Å²) in [6.07, 6.45) is 0.377. The Morgan fingerprint density at radius 1 is 1.32 bits per heavy atom. The van der Waals surface area contributed by atoms with Crippen LogP contribution in [0.25, 0.3) is 11.3 Å². The quantitative estimate of drug-likeness (QED) is 0.628. The Kier molecular flexibility index (Phi) is 6.66. The van der Waals surface area contributed by atoms with Gasteiger partial charge in [-0.25, -0.2) is 14.2 Å². The summed E-state index contributed by atoms with van der Waals surface area (Å²) in [5.41, 5.74) is 0.0311. The molecule has 0 bridgehead atoms. The van der Waals surface area contributed by atoms with Crippen molar-refractivity contribution in [2.45, 2.75) is 13.8 Å². The van der Waals surface area contributed by atoms with Crippen molar-refractivity contribution in [1.29, 1.82) is 0 Å². The lowest BCUT2D eigenvalue weighted by molar-refractivity contribution is 0.0598. The van der Waals surface area contributed by atoms with E-state index in [-0.39, 0.29) is 27.5 Å². The van der Waals surface area contributed by atoms with Crippen molar-refractivity contribution in [1.82, 2.24) is 4.98 Å². The van der Waals surface area contributed by atoms with Crippen molar-refractivity contribution >= 4 is 23.9 Å². The van der Waals surface area contributed by atoms with Crippen LogP contribution < -0.4 is 0 Å². The molecule has 1 aromatic carbocycles.